The van der Waals surface area contributed by atoms with Crippen LogP contribution in [-0.4, -0.2) is 97.8 Å². The van der Waals surface area contributed by atoms with E-state index in [1.807, 2.05) is 12.1 Å². The number of aliphatic hydroxyl groups is 2. The molecule has 48 heavy (non-hydrogen) atoms. The van der Waals surface area contributed by atoms with Gasteiger partial charge >= 0.3 is 0 Å². The minimum Gasteiger partial charge on any atom is -0.491 e. The molecule has 2 amide bonds. The Bertz CT molecular complexity index is 1650. The van der Waals surface area contributed by atoms with Gasteiger partial charge in [-0.25, -0.2) is 0 Å². The molecule has 1 aromatic carbocycles. The first kappa shape index (κ1) is 37.8. The second kappa shape index (κ2) is 15.4. The molecule has 13 nitrogen and oxygen atoms in total. The lowest BCUT2D eigenvalue weighted by molar-refractivity contribution is -0.125. The first-order valence-corrected chi connectivity index (χ1v) is 19.3. The number of allylic oxidation sites excluding steroid dienone is 2. The van der Waals surface area contributed by atoms with E-state index in [0.717, 1.165) is 5.56 Å². The minimum atomic E-state index is -1.32. The van der Waals surface area contributed by atoms with Crippen molar-refractivity contribution in [2.45, 2.75) is 58.7 Å². The molecule has 4 aliphatic rings. The SMILES string of the molecule is O=C(NCCCOc1c(Br)cc(CCNC(=O)C2=NO[C@]3(C=C(Br)C(=O)[C@H](Br)[C@@H]3O)C2)cc1Br)C1=NOC2(C=C(Br)C(=O)[C@H](Br)[C@@H]2O)C1. The van der Waals surface area contributed by atoms with Crippen molar-refractivity contribution >= 4 is 130 Å². The predicted octanol–water partition coefficient (Wildman–Crippen LogP) is 3.76. The molecule has 2 spiro atoms. The van der Waals surface area contributed by atoms with E-state index < -0.39 is 44.9 Å². The van der Waals surface area contributed by atoms with Crippen LogP contribution in [0.3, 0.4) is 0 Å². The second-order valence-electron chi connectivity index (χ2n) is 11.3. The van der Waals surface area contributed by atoms with Crippen molar-refractivity contribution < 1.29 is 43.8 Å². The van der Waals surface area contributed by atoms with Gasteiger partial charge in [-0.05, 0) is 106 Å². The monoisotopic (exact) mass is 1050 g/mol. The fourth-order valence-electron chi connectivity index (χ4n) is 5.30. The van der Waals surface area contributed by atoms with Crippen LogP contribution in [0.2, 0.25) is 0 Å². The Morgan fingerprint density at radius 1 is 0.833 bits per heavy atom. The molecule has 19 heteroatoms. The smallest absolute Gasteiger partial charge is 0.269 e. The Morgan fingerprint density at radius 2 is 1.29 bits per heavy atom. The zero-order chi connectivity index (χ0) is 35.0. The topological polar surface area (TPSA) is 185 Å². The molecule has 0 radical (unpaired) electrons. The van der Waals surface area contributed by atoms with Crippen molar-refractivity contribution in [1.82, 2.24) is 10.6 Å². The number of oxime groups is 2. The fourth-order valence-corrected chi connectivity index (χ4v) is 10.1. The number of alkyl halides is 2. The Hall–Kier alpha value is -1.48. The largest absolute Gasteiger partial charge is 0.491 e. The molecular formula is C29H26Br6N4O9. The van der Waals surface area contributed by atoms with E-state index in [4.69, 9.17) is 14.4 Å². The Balaban J connectivity index is 1.04. The summed E-state index contributed by atoms with van der Waals surface area (Å²) >= 11 is 19.8. The summed E-state index contributed by atoms with van der Waals surface area (Å²) in [4.78, 5) is 58.7. The number of carbonyl (C=O) groups excluding carboxylic acids is 4. The van der Waals surface area contributed by atoms with E-state index in [0.29, 0.717) is 34.1 Å². The third-order valence-electron chi connectivity index (χ3n) is 7.94. The van der Waals surface area contributed by atoms with Gasteiger partial charge in [-0.15, -0.1) is 0 Å². The Labute approximate surface area is 324 Å². The number of nitrogens with one attached hydrogen (secondary N) is 2. The molecule has 0 aromatic heterocycles. The molecule has 2 aliphatic carbocycles. The lowest BCUT2D eigenvalue weighted by Gasteiger charge is -2.34. The normalized spacial score (nSPS) is 29.5. The van der Waals surface area contributed by atoms with Crippen LogP contribution in [-0.2, 0) is 35.3 Å². The average molecular weight is 1050 g/mol. The number of nitrogens with zero attached hydrogens (tertiary/aromatic N) is 2. The number of carbonyl (C=O) groups is 4. The summed E-state index contributed by atoms with van der Waals surface area (Å²) in [5.41, 5.74) is -1.52. The first-order chi connectivity index (χ1) is 22.7. The lowest BCUT2D eigenvalue weighted by atomic mass is 9.83. The van der Waals surface area contributed by atoms with Crippen LogP contribution < -0.4 is 15.4 Å². The molecule has 1 aromatic rings. The molecular weight excluding hydrogens is 1030 g/mol. The number of Topliss-reactive ketones (excluding diaryl/α,β-unsaturated/α-hetero) is 2. The molecule has 2 heterocycles. The summed E-state index contributed by atoms with van der Waals surface area (Å²) in [6.07, 6.45) is 1.41. The third kappa shape index (κ3) is 7.72. The number of benzene rings is 1. The molecule has 2 aliphatic heterocycles. The average Bonchev–Trinajstić information content (AvgIpc) is 3.68. The number of hydrogen-bond acceptors (Lipinski definition) is 11. The minimum absolute atomic E-state index is 0.00160. The van der Waals surface area contributed by atoms with Gasteiger partial charge in [-0.3, -0.25) is 19.2 Å². The van der Waals surface area contributed by atoms with Crippen LogP contribution in [0, 0.1) is 0 Å². The van der Waals surface area contributed by atoms with Gasteiger partial charge < -0.3 is 35.3 Å². The highest BCUT2D eigenvalue weighted by atomic mass is 79.9. The Morgan fingerprint density at radius 3 is 1.77 bits per heavy atom. The van der Waals surface area contributed by atoms with Crippen LogP contribution in [0.15, 0.2) is 52.5 Å². The molecule has 258 valence electrons. The van der Waals surface area contributed by atoms with Gasteiger partial charge in [-0.1, -0.05) is 42.2 Å². The maximum absolute atomic E-state index is 12.8. The highest BCUT2D eigenvalue weighted by molar-refractivity contribution is 9.12. The van der Waals surface area contributed by atoms with Gasteiger partial charge in [0.05, 0.1) is 24.5 Å². The maximum Gasteiger partial charge on any atom is 0.269 e. The van der Waals surface area contributed by atoms with E-state index in [-0.39, 0.29) is 57.9 Å². The quantitative estimate of drug-likeness (QED) is 0.200. The van der Waals surface area contributed by atoms with Gasteiger partial charge in [0.2, 0.25) is 0 Å². The van der Waals surface area contributed by atoms with Gasteiger partial charge in [0.25, 0.3) is 11.8 Å². The highest BCUT2D eigenvalue weighted by Crippen LogP contribution is 2.41. The van der Waals surface area contributed by atoms with Crippen LogP contribution in [0.5, 0.6) is 5.75 Å². The Kier molecular flexibility index (Phi) is 12.1. The van der Waals surface area contributed by atoms with Crippen molar-refractivity contribution in [2.24, 2.45) is 10.3 Å². The van der Waals surface area contributed by atoms with Crippen LogP contribution >= 0.6 is 95.6 Å². The number of aliphatic hydroxyl groups excluding tert-OH is 2. The molecule has 4 N–H and O–H groups in total. The van der Waals surface area contributed by atoms with Crippen molar-refractivity contribution in [3.8, 4) is 5.75 Å². The number of ketones is 2. The van der Waals surface area contributed by atoms with Crippen LogP contribution in [0.4, 0.5) is 0 Å². The summed E-state index contributed by atoms with van der Waals surface area (Å²) in [5.74, 6) is -0.962. The van der Waals surface area contributed by atoms with Gasteiger partial charge in [-0.2, -0.15) is 0 Å². The van der Waals surface area contributed by atoms with Crippen LogP contribution in [0.1, 0.15) is 24.8 Å². The molecule has 1 unspecified atom stereocenters. The predicted molar refractivity (Wildman–Crippen MR) is 195 cm³/mol. The van der Waals surface area contributed by atoms with E-state index in [9.17, 15) is 29.4 Å². The van der Waals surface area contributed by atoms with Gasteiger partial charge in [0.1, 0.15) is 39.0 Å². The fraction of sp³-hybridized carbons (Fsp3) is 0.448. The molecule has 0 saturated carbocycles. The van der Waals surface area contributed by atoms with Crippen molar-refractivity contribution in [3.63, 3.8) is 0 Å². The van der Waals surface area contributed by atoms with Gasteiger partial charge in [0, 0.05) is 25.9 Å². The van der Waals surface area contributed by atoms with Crippen molar-refractivity contribution in [3.05, 3.63) is 47.8 Å². The van der Waals surface area contributed by atoms with E-state index >= 15 is 0 Å². The molecule has 0 saturated heterocycles. The lowest BCUT2D eigenvalue weighted by Crippen LogP contribution is -2.52. The molecule has 0 bridgehead atoms. The summed E-state index contributed by atoms with van der Waals surface area (Å²) in [7, 11) is 0. The summed E-state index contributed by atoms with van der Waals surface area (Å²) in [5, 5.41) is 34.5. The molecule has 6 atom stereocenters. The number of hydrogen-bond donors (Lipinski definition) is 4. The zero-order valence-electron chi connectivity index (χ0n) is 24.5. The van der Waals surface area contributed by atoms with E-state index in [2.05, 4.69) is 117 Å². The summed E-state index contributed by atoms with van der Waals surface area (Å²) in [6.45, 7) is 0.875. The summed E-state index contributed by atoms with van der Waals surface area (Å²) < 4.78 is 7.79. The van der Waals surface area contributed by atoms with E-state index in [1.54, 1.807) is 0 Å². The molecule has 5 rings (SSSR count). The number of rotatable bonds is 10. The van der Waals surface area contributed by atoms with Crippen LogP contribution in [0.25, 0.3) is 0 Å². The second-order valence-corrected chi connectivity index (χ2v) is 16.7. The number of ether oxygens (including phenoxy) is 1. The van der Waals surface area contributed by atoms with Gasteiger partial charge in [0.15, 0.2) is 22.8 Å². The first-order valence-electron chi connectivity index (χ1n) is 14.3. The number of halogens is 6. The van der Waals surface area contributed by atoms with Crippen molar-refractivity contribution in [1.29, 1.82) is 0 Å². The van der Waals surface area contributed by atoms with E-state index in [1.165, 1.54) is 12.2 Å². The standard InChI is InChI=1S/C29H26Br6N4O9/c30-13-6-12(2-4-37-27(45)18-11-29(48-39-18)9-16(33)22(41)20(35)25(29)43)7-14(31)23(13)46-5-1-3-36-26(44)17-10-28(47-38-17)8-15(32)21(40)19(34)24(28)42/h6-9,19-20,24-25,42-43H,1-5,10-11H2,(H,36,44)(H,37,45)/t19-,20-,24-,25-,28?,29+/m0/s1. The molecule has 0 fully saturated rings. The maximum atomic E-state index is 12.8. The number of amides is 2. The zero-order valence-corrected chi connectivity index (χ0v) is 34.0. The third-order valence-corrected chi connectivity index (χ3v) is 12.2. The highest BCUT2D eigenvalue weighted by Gasteiger charge is 2.54. The van der Waals surface area contributed by atoms with Crippen molar-refractivity contribution in [2.75, 3.05) is 19.7 Å². The summed E-state index contributed by atoms with van der Waals surface area (Å²) in [6, 6.07) is 3.75.